The van der Waals surface area contributed by atoms with Gasteiger partial charge >= 0.3 is 5.97 Å². The van der Waals surface area contributed by atoms with Crippen LogP contribution in [0.3, 0.4) is 0 Å². The molecule has 1 saturated heterocycles. The summed E-state index contributed by atoms with van der Waals surface area (Å²) < 4.78 is 5.96. The molecule has 1 fully saturated rings. The molecule has 2 amide bonds. The van der Waals surface area contributed by atoms with E-state index in [1.165, 1.54) is 4.90 Å². The lowest BCUT2D eigenvalue weighted by Crippen LogP contribution is -2.27. The van der Waals surface area contributed by atoms with E-state index in [-0.39, 0.29) is 17.7 Å². The molecule has 0 aromatic heterocycles. The highest BCUT2D eigenvalue weighted by atomic mass is 79.9. The fourth-order valence-corrected chi connectivity index (χ4v) is 4.69. The highest BCUT2D eigenvalue weighted by Crippen LogP contribution is 2.35. The SMILES string of the molecule is O=C(Oc1ccc(/C=C2\SC(=O)N(Cc3cccc(Cl)c3)C2=O)cc1Br)c1ccc(Cl)cc1. The number of hydrogen-bond donors (Lipinski definition) is 0. The number of rotatable bonds is 5. The van der Waals surface area contributed by atoms with Gasteiger partial charge < -0.3 is 4.74 Å². The second-order valence-electron chi connectivity index (χ2n) is 6.98. The molecule has 0 saturated carbocycles. The van der Waals surface area contributed by atoms with E-state index in [4.69, 9.17) is 27.9 Å². The minimum absolute atomic E-state index is 0.145. The third-order valence-corrected chi connectivity index (χ3v) is 6.65. The van der Waals surface area contributed by atoms with E-state index in [0.29, 0.717) is 36.3 Å². The van der Waals surface area contributed by atoms with Crippen molar-refractivity contribution in [2.24, 2.45) is 0 Å². The maximum absolute atomic E-state index is 12.8. The van der Waals surface area contributed by atoms with Crippen molar-refractivity contribution < 1.29 is 19.1 Å². The molecule has 0 radical (unpaired) electrons. The Balaban J connectivity index is 1.48. The molecule has 3 aromatic carbocycles. The molecule has 1 aliphatic rings. The van der Waals surface area contributed by atoms with Gasteiger partial charge in [0, 0.05) is 10.0 Å². The summed E-state index contributed by atoms with van der Waals surface area (Å²) in [6, 6.07) is 18.4. The lowest BCUT2D eigenvalue weighted by molar-refractivity contribution is -0.123. The molecule has 0 unspecified atom stereocenters. The van der Waals surface area contributed by atoms with Gasteiger partial charge in [-0.15, -0.1) is 0 Å². The number of imide groups is 1. The van der Waals surface area contributed by atoms with Crippen LogP contribution in [0.15, 0.2) is 76.1 Å². The van der Waals surface area contributed by atoms with Gasteiger partial charge in [-0.05, 0) is 93.4 Å². The summed E-state index contributed by atoms with van der Waals surface area (Å²) in [6.07, 6.45) is 1.62. The van der Waals surface area contributed by atoms with Crippen molar-refractivity contribution in [2.45, 2.75) is 6.54 Å². The summed E-state index contributed by atoms with van der Waals surface area (Å²) in [5, 5.41) is 0.713. The molecular weight excluding hydrogens is 549 g/mol. The Morgan fingerprint density at radius 2 is 1.76 bits per heavy atom. The first-order valence-electron chi connectivity index (χ1n) is 9.57. The number of amides is 2. The van der Waals surface area contributed by atoms with Crippen molar-refractivity contribution in [2.75, 3.05) is 0 Å². The summed E-state index contributed by atoms with van der Waals surface area (Å²) in [5.74, 6) is -0.581. The minimum atomic E-state index is -0.526. The number of thioether (sulfide) groups is 1. The van der Waals surface area contributed by atoms with Crippen LogP contribution in [0.5, 0.6) is 5.75 Å². The van der Waals surface area contributed by atoms with E-state index in [9.17, 15) is 14.4 Å². The quantitative estimate of drug-likeness (QED) is 0.187. The van der Waals surface area contributed by atoms with Gasteiger partial charge in [-0.3, -0.25) is 14.5 Å². The number of nitrogens with zero attached hydrogens (tertiary/aromatic N) is 1. The van der Waals surface area contributed by atoms with E-state index in [0.717, 1.165) is 17.3 Å². The lowest BCUT2D eigenvalue weighted by atomic mass is 10.2. The first-order valence-corrected chi connectivity index (χ1v) is 11.9. The number of carbonyl (C=O) groups is 3. The Bertz CT molecular complexity index is 1290. The van der Waals surface area contributed by atoms with Gasteiger partial charge in [0.1, 0.15) is 5.75 Å². The summed E-state index contributed by atoms with van der Waals surface area (Å²) in [5.41, 5.74) is 1.80. The molecule has 166 valence electrons. The van der Waals surface area contributed by atoms with E-state index in [1.54, 1.807) is 72.8 Å². The Labute approximate surface area is 212 Å². The molecule has 3 aromatic rings. The zero-order valence-corrected chi connectivity index (χ0v) is 20.7. The molecule has 9 heteroatoms. The Hall–Kier alpha value is -2.58. The number of benzene rings is 3. The largest absolute Gasteiger partial charge is 0.422 e. The van der Waals surface area contributed by atoms with E-state index < -0.39 is 5.97 Å². The van der Waals surface area contributed by atoms with Crippen molar-refractivity contribution in [3.8, 4) is 5.75 Å². The summed E-state index contributed by atoms with van der Waals surface area (Å²) >= 11 is 16.1. The Morgan fingerprint density at radius 1 is 1.00 bits per heavy atom. The van der Waals surface area contributed by atoms with Gasteiger partial charge in [0.25, 0.3) is 11.1 Å². The molecule has 1 aliphatic heterocycles. The summed E-state index contributed by atoms with van der Waals surface area (Å²) in [4.78, 5) is 39.0. The van der Waals surface area contributed by atoms with Crippen LogP contribution in [0.1, 0.15) is 21.5 Å². The number of halogens is 3. The first kappa shape index (κ1) is 23.6. The van der Waals surface area contributed by atoms with Crippen LogP contribution < -0.4 is 4.74 Å². The molecule has 0 atom stereocenters. The first-order chi connectivity index (χ1) is 15.8. The van der Waals surface area contributed by atoms with Gasteiger partial charge in [-0.2, -0.15) is 0 Å². The van der Waals surface area contributed by atoms with Gasteiger partial charge in [-0.25, -0.2) is 4.79 Å². The minimum Gasteiger partial charge on any atom is -0.422 e. The van der Waals surface area contributed by atoms with Crippen LogP contribution in [-0.4, -0.2) is 22.0 Å². The Morgan fingerprint density at radius 3 is 2.45 bits per heavy atom. The molecule has 1 heterocycles. The molecule has 4 rings (SSSR count). The van der Waals surface area contributed by atoms with Gasteiger partial charge in [0.2, 0.25) is 0 Å². The maximum Gasteiger partial charge on any atom is 0.343 e. The van der Waals surface area contributed by atoms with Crippen molar-refractivity contribution in [3.05, 3.63) is 103 Å². The van der Waals surface area contributed by atoms with Crippen LogP contribution in [0, 0.1) is 0 Å². The monoisotopic (exact) mass is 561 g/mol. The zero-order valence-electron chi connectivity index (χ0n) is 16.8. The second-order valence-corrected chi connectivity index (χ2v) is 9.70. The summed E-state index contributed by atoms with van der Waals surface area (Å²) in [6.45, 7) is 0.145. The molecule has 5 nitrogen and oxygen atoms in total. The molecular formula is C24H14BrCl2NO4S. The lowest BCUT2D eigenvalue weighted by Gasteiger charge is -2.12. The Kier molecular flexibility index (Phi) is 7.24. The number of carbonyl (C=O) groups excluding carboxylic acids is 3. The molecule has 33 heavy (non-hydrogen) atoms. The third-order valence-electron chi connectivity index (χ3n) is 4.64. The van der Waals surface area contributed by atoms with Gasteiger partial charge in [0.05, 0.1) is 21.5 Å². The van der Waals surface area contributed by atoms with Crippen molar-refractivity contribution in [1.82, 2.24) is 4.90 Å². The predicted molar refractivity (Wildman–Crippen MR) is 134 cm³/mol. The fourth-order valence-electron chi connectivity index (χ4n) is 3.04. The molecule has 0 N–H and O–H groups in total. The van der Waals surface area contributed by atoms with Crippen molar-refractivity contribution in [1.29, 1.82) is 0 Å². The summed E-state index contributed by atoms with van der Waals surface area (Å²) in [7, 11) is 0. The predicted octanol–water partition coefficient (Wildman–Crippen LogP) is 7.21. The zero-order chi connectivity index (χ0) is 23.5. The number of esters is 1. The number of ether oxygens (including phenoxy) is 1. The second kappa shape index (κ2) is 10.1. The highest BCUT2D eigenvalue weighted by Gasteiger charge is 2.35. The topological polar surface area (TPSA) is 63.7 Å². The molecule has 0 spiro atoms. The highest BCUT2D eigenvalue weighted by molar-refractivity contribution is 9.10. The van der Waals surface area contributed by atoms with Crippen molar-refractivity contribution in [3.63, 3.8) is 0 Å². The van der Waals surface area contributed by atoms with E-state index in [2.05, 4.69) is 15.9 Å². The van der Waals surface area contributed by atoms with Crippen LogP contribution in [-0.2, 0) is 11.3 Å². The third kappa shape index (κ3) is 5.68. The maximum atomic E-state index is 12.8. The van der Waals surface area contributed by atoms with E-state index in [1.807, 2.05) is 0 Å². The smallest absolute Gasteiger partial charge is 0.343 e. The van der Waals surface area contributed by atoms with Crippen LogP contribution in [0.2, 0.25) is 10.0 Å². The molecule has 0 bridgehead atoms. The van der Waals surface area contributed by atoms with Crippen molar-refractivity contribution >= 4 is 74.1 Å². The van der Waals surface area contributed by atoms with Crippen LogP contribution >= 0.6 is 50.9 Å². The standard InChI is InChI=1S/C24H14BrCl2NO4S/c25-19-11-14(4-9-20(19)32-23(30)16-5-7-17(26)8-6-16)12-21-22(29)28(24(31)33-21)13-15-2-1-3-18(27)10-15/h1-12H,13H2/b21-12-. The molecule has 0 aliphatic carbocycles. The normalized spacial score (nSPS) is 14.8. The van der Waals surface area contributed by atoms with Gasteiger partial charge in [-0.1, -0.05) is 41.4 Å². The van der Waals surface area contributed by atoms with Crippen LogP contribution in [0.4, 0.5) is 4.79 Å². The fraction of sp³-hybridized carbons (Fsp3) is 0.0417. The number of hydrogen-bond acceptors (Lipinski definition) is 5. The average molecular weight is 563 g/mol. The average Bonchev–Trinajstić information content (AvgIpc) is 3.03. The van der Waals surface area contributed by atoms with E-state index >= 15 is 0 Å². The van der Waals surface area contributed by atoms with Crippen LogP contribution in [0.25, 0.3) is 6.08 Å². The van der Waals surface area contributed by atoms with Gasteiger partial charge in [0.15, 0.2) is 0 Å².